The van der Waals surface area contributed by atoms with Crippen LogP contribution >= 0.6 is 11.8 Å². The lowest BCUT2D eigenvalue weighted by molar-refractivity contribution is -0.126. The fraction of sp³-hybridized carbons (Fsp3) is 0.500. The summed E-state index contributed by atoms with van der Waals surface area (Å²) >= 11 is 1.31. The summed E-state index contributed by atoms with van der Waals surface area (Å²) in [5, 5.41) is 2.42. The molecule has 0 spiro atoms. The monoisotopic (exact) mass is 297 g/mol. The Hall–Kier alpha value is -0.820. The summed E-state index contributed by atoms with van der Waals surface area (Å²) in [6, 6.07) is 3.89. The SMILES string of the molecule is Fc1cccc2c1SCCC2NCC(F)(F)C(F)F. The van der Waals surface area contributed by atoms with E-state index in [9.17, 15) is 22.0 Å². The van der Waals surface area contributed by atoms with Crippen LogP contribution in [-0.4, -0.2) is 24.6 Å². The molecule has 2 rings (SSSR count). The van der Waals surface area contributed by atoms with Crippen molar-refractivity contribution in [3.05, 3.63) is 29.6 Å². The van der Waals surface area contributed by atoms with Crippen LogP contribution in [0.5, 0.6) is 0 Å². The van der Waals surface area contributed by atoms with Crippen molar-refractivity contribution in [1.82, 2.24) is 5.32 Å². The zero-order valence-corrected chi connectivity index (χ0v) is 10.6. The Bertz CT molecular complexity index is 452. The summed E-state index contributed by atoms with van der Waals surface area (Å²) in [4.78, 5) is 0.409. The molecular formula is C12H12F5NS. The molecule has 1 unspecified atom stereocenters. The van der Waals surface area contributed by atoms with Crippen molar-refractivity contribution in [1.29, 1.82) is 0 Å². The third-order valence-electron chi connectivity index (χ3n) is 2.93. The fourth-order valence-electron chi connectivity index (χ4n) is 1.93. The molecule has 0 aliphatic carbocycles. The molecule has 1 N–H and O–H groups in total. The van der Waals surface area contributed by atoms with E-state index in [4.69, 9.17) is 0 Å². The number of hydrogen-bond acceptors (Lipinski definition) is 2. The number of halogens is 5. The summed E-state index contributed by atoms with van der Waals surface area (Å²) in [7, 11) is 0. The molecule has 0 bridgehead atoms. The predicted octanol–water partition coefficient (Wildman–Crippen LogP) is 3.85. The van der Waals surface area contributed by atoms with Gasteiger partial charge >= 0.3 is 12.3 Å². The Labute approximate surface area is 111 Å². The van der Waals surface area contributed by atoms with Gasteiger partial charge in [-0.25, -0.2) is 13.2 Å². The lowest BCUT2D eigenvalue weighted by Crippen LogP contribution is -2.41. The van der Waals surface area contributed by atoms with Crippen LogP contribution in [-0.2, 0) is 0 Å². The first-order valence-corrected chi connectivity index (χ1v) is 6.71. The Balaban J connectivity index is 2.10. The fourth-order valence-corrected chi connectivity index (χ4v) is 3.08. The molecule has 1 aliphatic heterocycles. The van der Waals surface area contributed by atoms with E-state index in [-0.39, 0.29) is 0 Å². The van der Waals surface area contributed by atoms with Crippen LogP contribution in [0.15, 0.2) is 23.1 Å². The third-order valence-corrected chi connectivity index (χ3v) is 4.09. The Morgan fingerprint density at radius 2 is 2.11 bits per heavy atom. The van der Waals surface area contributed by atoms with Crippen LogP contribution in [0.3, 0.4) is 0 Å². The van der Waals surface area contributed by atoms with Gasteiger partial charge in [-0.2, -0.15) is 8.78 Å². The molecule has 0 aromatic heterocycles. The smallest absolute Gasteiger partial charge is 0.304 e. The number of nitrogens with one attached hydrogen (secondary N) is 1. The van der Waals surface area contributed by atoms with Gasteiger partial charge in [0.05, 0.1) is 6.54 Å². The van der Waals surface area contributed by atoms with E-state index in [1.54, 1.807) is 6.07 Å². The number of hydrogen-bond donors (Lipinski definition) is 1. The minimum atomic E-state index is -4.07. The average Bonchev–Trinajstić information content (AvgIpc) is 2.37. The molecule has 0 saturated carbocycles. The van der Waals surface area contributed by atoms with Crippen molar-refractivity contribution in [3.8, 4) is 0 Å². The highest BCUT2D eigenvalue weighted by Crippen LogP contribution is 2.38. The maximum atomic E-state index is 13.5. The molecule has 7 heteroatoms. The summed E-state index contributed by atoms with van der Waals surface area (Å²) < 4.78 is 63.4. The van der Waals surface area contributed by atoms with Crippen molar-refractivity contribution in [3.63, 3.8) is 0 Å². The van der Waals surface area contributed by atoms with E-state index in [1.807, 2.05) is 0 Å². The van der Waals surface area contributed by atoms with E-state index in [2.05, 4.69) is 5.32 Å². The largest absolute Gasteiger partial charge is 0.319 e. The van der Waals surface area contributed by atoms with Gasteiger partial charge < -0.3 is 5.32 Å². The lowest BCUT2D eigenvalue weighted by Gasteiger charge is -2.28. The topological polar surface area (TPSA) is 12.0 Å². The van der Waals surface area contributed by atoms with Gasteiger partial charge in [-0.15, -0.1) is 11.8 Å². The van der Waals surface area contributed by atoms with Crippen molar-refractivity contribution in [2.45, 2.75) is 29.7 Å². The average molecular weight is 297 g/mol. The number of rotatable bonds is 4. The minimum absolute atomic E-state index is 0.408. The first-order chi connectivity index (χ1) is 8.92. The van der Waals surface area contributed by atoms with Crippen LogP contribution in [0.25, 0.3) is 0 Å². The molecule has 1 atom stereocenters. The van der Waals surface area contributed by atoms with Gasteiger partial charge in [0.1, 0.15) is 5.82 Å². The second-order valence-electron chi connectivity index (χ2n) is 4.29. The zero-order valence-electron chi connectivity index (χ0n) is 9.81. The normalized spacial score (nSPS) is 19.6. The second kappa shape index (κ2) is 5.66. The van der Waals surface area contributed by atoms with Crippen LogP contribution in [0, 0.1) is 5.82 Å². The quantitative estimate of drug-likeness (QED) is 0.847. The predicted molar refractivity (Wildman–Crippen MR) is 63.4 cm³/mol. The molecule has 19 heavy (non-hydrogen) atoms. The Morgan fingerprint density at radius 1 is 1.37 bits per heavy atom. The first-order valence-electron chi connectivity index (χ1n) is 5.72. The number of alkyl halides is 4. The highest BCUT2D eigenvalue weighted by Gasteiger charge is 2.41. The van der Waals surface area contributed by atoms with E-state index in [0.29, 0.717) is 22.6 Å². The van der Waals surface area contributed by atoms with Crippen molar-refractivity contribution >= 4 is 11.8 Å². The molecular weight excluding hydrogens is 285 g/mol. The van der Waals surface area contributed by atoms with Gasteiger partial charge in [0.2, 0.25) is 0 Å². The molecule has 0 saturated heterocycles. The van der Waals surface area contributed by atoms with Gasteiger partial charge in [-0.1, -0.05) is 12.1 Å². The molecule has 1 nitrogen and oxygen atoms in total. The number of fused-ring (bicyclic) bond motifs is 1. The molecule has 1 aliphatic rings. The van der Waals surface area contributed by atoms with Crippen molar-refractivity contribution in [2.24, 2.45) is 0 Å². The van der Waals surface area contributed by atoms with Crippen molar-refractivity contribution < 1.29 is 22.0 Å². The maximum Gasteiger partial charge on any atom is 0.319 e. The van der Waals surface area contributed by atoms with Crippen LogP contribution < -0.4 is 5.32 Å². The van der Waals surface area contributed by atoms with E-state index in [0.717, 1.165) is 0 Å². The summed E-state index contributed by atoms with van der Waals surface area (Å²) in [6.45, 7) is -1.12. The standard InChI is InChI=1S/C12H12F5NS/c13-8-3-1-2-7-9(4-5-19-10(7)8)18-6-12(16,17)11(14)15/h1-3,9,11,18H,4-6H2. The van der Waals surface area contributed by atoms with Crippen LogP contribution in [0.2, 0.25) is 0 Å². The Morgan fingerprint density at radius 3 is 2.79 bits per heavy atom. The van der Waals surface area contributed by atoms with Gasteiger partial charge in [0, 0.05) is 10.9 Å². The van der Waals surface area contributed by atoms with E-state index < -0.39 is 30.8 Å². The van der Waals surface area contributed by atoms with E-state index in [1.165, 1.54) is 23.9 Å². The van der Waals surface area contributed by atoms with E-state index >= 15 is 0 Å². The van der Waals surface area contributed by atoms with Crippen LogP contribution in [0.4, 0.5) is 22.0 Å². The first kappa shape index (κ1) is 14.6. The number of benzene rings is 1. The maximum absolute atomic E-state index is 13.5. The Kier molecular flexibility index (Phi) is 4.35. The van der Waals surface area contributed by atoms with Gasteiger partial charge in [-0.05, 0) is 23.8 Å². The lowest BCUT2D eigenvalue weighted by atomic mass is 10.0. The van der Waals surface area contributed by atoms with Gasteiger partial charge in [-0.3, -0.25) is 0 Å². The van der Waals surface area contributed by atoms with Crippen LogP contribution in [0.1, 0.15) is 18.0 Å². The minimum Gasteiger partial charge on any atom is -0.304 e. The summed E-state index contributed by atoms with van der Waals surface area (Å²) in [5.41, 5.74) is 0.557. The summed E-state index contributed by atoms with van der Waals surface area (Å²) in [6.07, 6.45) is -3.20. The molecule has 106 valence electrons. The number of thioether (sulfide) groups is 1. The molecule has 0 radical (unpaired) electrons. The van der Waals surface area contributed by atoms with Gasteiger partial charge in [0.25, 0.3) is 0 Å². The molecule has 0 fully saturated rings. The molecule has 1 aromatic rings. The highest BCUT2D eigenvalue weighted by atomic mass is 32.2. The molecule has 1 heterocycles. The molecule has 0 amide bonds. The summed E-state index contributed by atoms with van der Waals surface area (Å²) in [5.74, 6) is -3.92. The van der Waals surface area contributed by atoms with Gasteiger partial charge in [0.15, 0.2) is 0 Å². The second-order valence-corrected chi connectivity index (χ2v) is 5.40. The highest BCUT2D eigenvalue weighted by molar-refractivity contribution is 7.99. The molecule has 1 aromatic carbocycles. The third kappa shape index (κ3) is 3.20. The zero-order chi connectivity index (χ0) is 14.0. The van der Waals surface area contributed by atoms with Crippen molar-refractivity contribution in [2.75, 3.05) is 12.3 Å².